The second-order valence-electron chi connectivity index (χ2n) is 7.11. The van der Waals surface area contributed by atoms with Crippen molar-refractivity contribution < 1.29 is 31.5 Å². The van der Waals surface area contributed by atoms with Crippen LogP contribution in [0.4, 0.5) is 22.0 Å². The molecule has 13 heteroatoms. The molecule has 0 spiro atoms. The van der Waals surface area contributed by atoms with Gasteiger partial charge in [-0.05, 0) is 30.3 Å². The second kappa shape index (κ2) is 10.2. The molecule has 0 radical (unpaired) electrons. The minimum atomic E-state index is -4.85. The molecule has 0 saturated carbocycles. The Balaban J connectivity index is 1.97. The van der Waals surface area contributed by atoms with Gasteiger partial charge >= 0.3 is 11.9 Å². The summed E-state index contributed by atoms with van der Waals surface area (Å²) in [6.07, 6.45) is -4.56. The van der Waals surface area contributed by atoms with Gasteiger partial charge in [0.05, 0.1) is 40.2 Å². The molecule has 2 aromatic carbocycles. The van der Waals surface area contributed by atoms with E-state index in [2.05, 4.69) is 23.2 Å². The Bertz CT molecular complexity index is 1440. The van der Waals surface area contributed by atoms with Crippen LogP contribution in [0.1, 0.15) is 10.4 Å². The highest BCUT2D eigenvalue weighted by Crippen LogP contribution is 2.29. The molecule has 0 saturated heterocycles. The van der Waals surface area contributed by atoms with Crippen molar-refractivity contribution >= 4 is 17.5 Å². The highest BCUT2D eigenvalue weighted by molar-refractivity contribution is 6.33. The maximum Gasteiger partial charge on any atom is 0.415 e. The highest BCUT2D eigenvalue weighted by atomic mass is 35.5. The lowest BCUT2D eigenvalue weighted by Gasteiger charge is -2.13. The molecular formula is C23H16ClF5N4O3. The summed E-state index contributed by atoms with van der Waals surface area (Å²) in [6, 6.07) is 7.56. The zero-order chi connectivity index (χ0) is 26.8. The number of alkyl halides is 3. The van der Waals surface area contributed by atoms with E-state index in [9.17, 15) is 31.5 Å². The third kappa shape index (κ3) is 5.54. The van der Waals surface area contributed by atoms with Gasteiger partial charge in [0.25, 0.3) is 5.91 Å². The fraction of sp³-hybridized carbons (Fsp3) is 0.0870. The third-order valence-corrected chi connectivity index (χ3v) is 5.03. The van der Waals surface area contributed by atoms with E-state index in [0.717, 1.165) is 16.8 Å². The molecule has 1 aromatic heterocycles. The monoisotopic (exact) mass is 526 g/mol. The van der Waals surface area contributed by atoms with Crippen LogP contribution in [0.15, 0.2) is 77.5 Å². The quantitative estimate of drug-likeness (QED) is 0.325. The van der Waals surface area contributed by atoms with Gasteiger partial charge in [-0.25, -0.2) is 13.6 Å². The Labute approximate surface area is 205 Å². The number of benzene rings is 2. The van der Waals surface area contributed by atoms with E-state index < -0.39 is 40.7 Å². The molecule has 7 nitrogen and oxygen atoms in total. The molecular weight excluding hydrogens is 511 g/mol. The predicted molar refractivity (Wildman–Crippen MR) is 122 cm³/mol. The first-order chi connectivity index (χ1) is 16.8. The lowest BCUT2D eigenvalue weighted by Crippen LogP contribution is -2.25. The highest BCUT2D eigenvalue weighted by Gasteiger charge is 2.31. The van der Waals surface area contributed by atoms with Crippen molar-refractivity contribution in [1.82, 2.24) is 20.1 Å². The average Bonchev–Trinajstić information content (AvgIpc) is 3.18. The minimum Gasteiger partial charge on any atom is -0.496 e. The largest absolute Gasteiger partial charge is 0.496 e. The zero-order valence-electron chi connectivity index (χ0n) is 18.3. The summed E-state index contributed by atoms with van der Waals surface area (Å²) in [6.45, 7) is 5.70. The van der Waals surface area contributed by atoms with Gasteiger partial charge in [0.2, 0.25) is 0 Å². The van der Waals surface area contributed by atoms with E-state index in [1.165, 1.54) is 31.4 Å². The van der Waals surface area contributed by atoms with Crippen LogP contribution in [0.2, 0.25) is 5.02 Å². The third-order valence-electron chi connectivity index (χ3n) is 4.71. The van der Waals surface area contributed by atoms with Crippen LogP contribution in [0.25, 0.3) is 17.1 Å². The van der Waals surface area contributed by atoms with Gasteiger partial charge in [-0.15, -0.1) is 5.10 Å². The van der Waals surface area contributed by atoms with E-state index in [-0.39, 0.29) is 33.4 Å². The fourth-order valence-electron chi connectivity index (χ4n) is 2.96. The van der Waals surface area contributed by atoms with Gasteiger partial charge in [0, 0.05) is 6.07 Å². The summed E-state index contributed by atoms with van der Waals surface area (Å²) in [5, 5.41) is 6.02. The smallest absolute Gasteiger partial charge is 0.415 e. The number of carbonyl (C=O) groups excluding carboxylic acids is 1. The van der Waals surface area contributed by atoms with Gasteiger partial charge in [-0.2, -0.15) is 17.9 Å². The summed E-state index contributed by atoms with van der Waals surface area (Å²) in [4.78, 5) is 27.5. The molecule has 1 amide bonds. The van der Waals surface area contributed by atoms with Crippen molar-refractivity contribution in [3.05, 3.63) is 99.6 Å². The van der Waals surface area contributed by atoms with E-state index in [1.54, 1.807) is 0 Å². The number of allylic oxidation sites excluding steroid dienone is 3. The Hall–Kier alpha value is -4.19. The van der Waals surface area contributed by atoms with Crippen LogP contribution in [-0.2, 0) is 0 Å². The number of amides is 1. The Morgan fingerprint density at radius 2 is 1.94 bits per heavy atom. The molecule has 0 unspecified atom stereocenters. The van der Waals surface area contributed by atoms with E-state index in [4.69, 9.17) is 16.3 Å². The minimum absolute atomic E-state index is 0.00649. The van der Waals surface area contributed by atoms with Gasteiger partial charge in [-0.3, -0.25) is 9.78 Å². The fourth-order valence-corrected chi connectivity index (χ4v) is 3.22. The van der Waals surface area contributed by atoms with Crippen LogP contribution in [0.5, 0.6) is 5.75 Å². The van der Waals surface area contributed by atoms with Gasteiger partial charge in [0.15, 0.2) is 5.82 Å². The van der Waals surface area contributed by atoms with E-state index in [1.807, 2.05) is 5.32 Å². The number of halogens is 6. The number of methoxy groups -OCH3 is 1. The maximum absolute atomic E-state index is 14.2. The topological polar surface area (TPSA) is 89.0 Å². The lowest BCUT2D eigenvalue weighted by molar-refractivity contribution is -0.0879. The number of nitrogens with one attached hydrogen (secondary N) is 2. The van der Waals surface area contributed by atoms with E-state index in [0.29, 0.717) is 6.08 Å². The van der Waals surface area contributed by atoms with Crippen LogP contribution in [-0.4, -0.2) is 34.0 Å². The second-order valence-corrected chi connectivity index (χ2v) is 7.52. The SMILES string of the molecule is C=C(F)/C(=C\C(=C)C(F)(F)F)NC(=O)c1ccc(-n2nc(-c3c(F)cccc3Cl)[nH]c2=O)cc1OC. The van der Waals surface area contributed by atoms with Crippen molar-refractivity contribution in [3.8, 4) is 22.8 Å². The van der Waals surface area contributed by atoms with Crippen molar-refractivity contribution in [2.75, 3.05) is 7.11 Å². The Morgan fingerprint density at radius 3 is 2.53 bits per heavy atom. The summed E-state index contributed by atoms with van der Waals surface area (Å²) < 4.78 is 72.2. The number of aromatic amines is 1. The van der Waals surface area contributed by atoms with Crippen LogP contribution in [0.3, 0.4) is 0 Å². The van der Waals surface area contributed by atoms with Crippen molar-refractivity contribution in [1.29, 1.82) is 0 Å². The molecule has 3 rings (SSSR count). The van der Waals surface area contributed by atoms with Crippen molar-refractivity contribution in [3.63, 3.8) is 0 Å². The summed E-state index contributed by atoms with van der Waals surface area (Å²) >= 11 is 6.01. The normalized spacial score (nSPS) is 11.8. The number of ether oxygens (including phenoxy) is 1. The number of aromatic nitrogens is 3. The van der Waals surface area contributed by atoms with Gasteiger partial charge < -0.3 is 10.1 Å². The maximum atomic E-state index is 14.2. The molecule has 0 aliphatic carbocycles. The van der Waals surface area contributed by atoms with Gasteiger partial charge in [0.1, 0.15) is 17.4 Å². The average molecular weight is 527 g/mol. The molecule has 1 heterocycles. The van der Waals surface area contributed by atoms with Crippen LogP contribution in [0, 0.1) is 5.82 Å². The standard InChI is InChI=1S/C23H16ClF5N4O3/c1-11(23(27,28)29)9-17(12(2)25)30-21(34)14-8-7-13(10-18(14)36-3)33-22(35)31-20(32-33)19-15(24)5-4-6-16(19)26/h4-10H,1-2H2,3H3,(H,30,34)(H,31,32,35)/b17-9+. The van der Waals surface area contributed by atoms with Crippen LogP contribution >= 0.6 is 11.6 Å². The predicted octanol–water partition coefficient (Wildman–Crippen LogP) is 5.24. The molecule has 3 aromatic rings. The molecule has 36 heavy (non-hydrogen) atoms. The first-order valence-electron chi connectivity index (χ1n) is 9.79. The molecule has 2 N–H and O–H groups in total. The number of H-pyrrole nitrogens is 1. The number of hydrogen-bond donors (Lipinski definition) is 2. The summed E-state index contributed by atoms with van der Waals surface area (Å²) in [5.41, 5.74) is -3.31. The van der Waals surface area contributed by atoms with Gasteiger partial charge in [-0.1, -0.05) is 30.8 Å². The molecule has 0 atom stereocenters. The zero-order valence-corrected chi connectivity index (χ0v) is 19.1. The first-order valence-corrected chi connectivity index (χ1v) is 10.2. The lowest BCUT2D eigenvalue weighted by atomic mass is 10.1. The number of nitrogens with zero attached hydrogens (tertiary/aromatic N) is 2. The van der Waals surface area contributed by atoms with Crippen molar-refractivity contribution in [2.24, 2.45) is 0 Å². The molecule has 0 aliphatic heterocycles. The van der Waals surface area contributed by atoms with E-state index >= 15 is 0 Å². The number of rotatable bonds is 7. The molecule has 0 bridgehead atoms. The Morgan fingerprint density at radius 1 is 1.25 bits per heavy atom. The van der Waals surface area contributed by atoms with Crippen molar-refractivity contribution in [2.45, 2.75) is 6.18 Å². The summed E-state index contributed by atoms with van der Waals surface area (Å²) in [7, 11) is 1.18. The molecule has 188 valence electrons. The first kappa shape index (κ1) is 26.4. The molecule has 0 fully saturated rings. The Kier molecular flexibility index (Phi) is 7.48. The molecule has 0 aliphatic rings. The van der Waals surface area contributed by atoms with Crippen LogP contribution < -0.4 is 15.7 Å². The number of carbonyl (C=O) groups is 1. The number of hydrogen-bond acceptors (Lipinski definition) is 4. The summed E-state index contributed by atoms with van der Waals surface area (Å²) in [5.74, 6) is -3.40.